The molecule has 28 heavy (non-hydrogen) atoms. The molecule has 1 heterocycles. The molecule has 0 saturated heterocycles. The molecule has 3 aromatic rings. The summed E-state index contributed by atoms with van der Waals surface area (Å²) >= 11 is 1.46. The molecule has 0 amide bonds. The van der Waals surface area contributed by atoms with Gasteiger partial charge in [0.25, 0.3) is 5.69 Å². The quantitative estimate of drug-likeness (QED) is 0.344. The molecule has 0 saturated carbocycles. The standard InChI is InChI=1S/C20H20N4O3S/c1-15(13-27-2)22-20-23(19(14-28-20)16-8-4-3-5-9-16)21-12-17-10-6-7-11-18(17)24(25)26/h3-12,14-15H,13H2,1-2H3/b21-12+,22-20?. The van der Waals surface area contributed by atoms with Gasteiger partial charge in [-0.2, -0.15) is 5.10 Å². The minimum Gasteiger partial charge on any atom is -0.382 e. The molecule has 0 aliphatic carbocycles. The third-order valence-electron chi connectivity index (χ3n) is 3.94. The van der Waals surface area contributed by atoms with E-state index in [1.165, 1.54) is 23.6 Å². The Balaban J connectivity index is 2.10. The predicted molar refractivity (Wildman–Crippen MR) is 111 cm³/mol. The molecule has 1 aromatic heterocycles. The number of aromatic nitrogens is 1. The van der Waals surface area contributed by atoms with Gasteiger partial charge in [0, 0.05) is 24.1 Å². The molecule has 0 radical (unpaired) electrons. The number of rotatable bonds is 7. The van der Waals surface area contributed by atoms with Crippen molar-refractivity contribution in [3.05, 3.63) is 80.5 Å². The van der Waals surface area contributed by atoms with E-state index in [2.05, 4.69) is 10.1 Å². The molecule has 0 aliphatic heterocycles. The van der Waals surface area contributed by atoms with Gasteiger partial charge < -0.3 is 4.74 Å². The molecule has 0 spiro atoms. The van der Waals surface area contributed by atoms with E-state index in [0.717, 1.165) is 11.3 Å². The molecule has 8 heteroatoms. The monoisotopic (exact) mass is 396 g/mol. The Morgan fingerprint density at radius 3 is 2.64 bits per heavy atom. The third kappa shape index (κ3) is 4.59. The van der Waals surface area contributed by atoms with E-state index in [-0.39, 0.29) is 11.7 Å². The first-order chi connectivity index (χ1) is 13.6. The number of benzene rings is 2. The molecule has 1 atom stereocenters. The number of ether oxygens (including phenoxy) is 1. The second kappa shape index (κ2) is 9.20. The van der Waals surface area contributed by atoms with Crippen LogP contribution in [-0.4, -0.2) is 35.6 Å². The molecule has 7 nitrogen and oxygen atoms in total. The average Bonchev–Trinajstić information content (AvgIpc) is 3.09. The molecule has 144 valence electrons. The van der Waals surface area contributed by atoms with Crippen molar-refractivity contribution >= 4 is 23.2 Å². The molecular formula is C20H20N4O3S. The van der Waals surface area contributed by atoms with Crippen molar-refractivity contribution in [2.75, 3.05) is 13.7 Å². The number of thiazole rings is 1. The summed E-state index contributed by atoms with van der Waals surface area (Å²) in [5.41, 5.74) is 2.29. The summed E-state index contributed by atoms with van der Waals surface area (Å²) < 4.78 is 6.88. The van der Waals surface area contributed by atoms with Gasteiger partial charge in [-0.05, 0) is 13.0 Å². The summed E-state index contributed by atoms with van der Waals surface area (Å²) in [4.78, 5) is 16.2. The van der Waals surface area contributed by atoms with Crippen LogP contribution in [0.25, 0.3) is 11.3 Å². The van der Waals surface area contributed by atoms with Crippen LogP contribution in [0.3, 0.4) is 0 Å². The van der Waals surface area contributed by atoms with Gasteiger partial charge in [-0.25, -0.2) is 4.68 Å². The van der Waals surface area contributed by atoms with Crippen molar-refractivity contribution in [2.24, 2.45) is 10.1 Å². The van der Waals surface area contributed by atoms with E-state index < -0.39 is 4.92 Å². The summed E-state index contributed by atoms with van der Waals surface area (Å²) in [6.45, 7) is 2.45. The van der Waals surface area contributed by atoms with E-state index in [9.17, 15) is 10.1 Å². The maximum Gasteiger partial charge on any atom is 0.278 e. The number of hydrogen-bond donors (Lipinski definition) is 0. The Bertz CT molecular complexity index is 1040. The molecular weight excluding hydrogens is 376 g/mol. The highest BCUT2D eigenvalue weighted by molar-refractivity contribution is 7.07. The summed E-state index contributed by atoms with van der Waals surface area (Å²) in [6, 6.07) is 16.3. The second-order valence-electron chi connectivity index (χ2n) is 6.08. The molecule has 1 unspecified atom stereocenters. The van der Waals surface area contributed by atoms with E-state index in [1.807, 2.05) is 42.6 Å². The highest BCUT2D eigenvalue weighted by atomic mass is 32.1. The zero-order valence-electron chi connectivity index (χ0n) is 15.6. The van der Waals surface area contributed by atoms with Gasteiger partial charge >= 0.3 is 0 Å². The van der Waals surface area contributed by atoms with Gasteiger partial charge in [0.1, 0.15) is 0 Å². The fourth-order valence-electron chi connectivity index (χ4n) is 2.66. The van der Waals surface area contributed by atoms with Crippen LogP contribution in [0.1, 0.15) is 12.5 Å². The van der Waals surface area contributed by atoms with Crippen molar-refractivity contribution in [1.82, 2.24) is 4.68 Å². The van der Waals surface area contributed by atoms with Crippen LogP contribution in [0.5, 0.6) is 0 Å². The van der Waals surface area contributed by atoms with Crippen molar-refractivity contribution in [3.8, 4) is 11.3 Å². The number of hydrogen-bond acceptors (Lipinski definition) is 6. The summed E-state index contributed by atoms with van der Waals surface area (Å²) in [5.74, 6) is 0. The van der Waals surface area contributed by atoms with Gasteiger partial charge in [-0.15, -0.1) is 11.3 Å². The Labute approximate surface area is 166 Å². The number of nitro groups is 1. The molecule has 0 N–H and O–H groups in total. The Morgan fingerprint density at radius 2 is 1.93 bits per heavy atom. The van der Waals surface area contributed by atoms with Crippen molar-refractivity contribution in [2.45, 2.75) is 13.0 Å². The predicted octanol–water partition coefficient (Wildman–Crippen LogP) is 3.94. The smallest absolute Gasteiger partial charge is 0.278 e. The SMILES string of the molecule is COCC(C)N=c1scc(-c2ccccc2)n1/N=C/c1ccccc1[N+](=O)[O-]. The van der Waals surface area contributed by atoms with Crippen molar-refractivity contribution < 1.29 is 9.66 Å². The van der Waals surface area contributed by atoms with E-state index in [4.69, 9.17) is 4.74 Å². The first kappa shape index (κ1) is 19.7. The Hall–Kier alpha value is -3.10. The molecule has 0 fully saturated rings. The van der Waals surface area contributed by atoms with Crippen molar-refractivity contribution in [3.63, 3.8) is 0 Å². The molecule has 3 rings (SSSR count). The van der Waals surface area contributed by atoms with Crippen LogP contribution >= 0.6 is 11.3 Å². The van der Waals surface area contributed by atoms with E-state index in [1.54, 1.807) is 30.0 Å². The Kier molecular flexibility index (Phi) is 6.46. The fourth-order valence-corrected chi connectivity index (χ4v) is 3.60. The lowest BCUT2D eigenvalue weighted by Gasteiger charge is -2.06. The van der Waals surface area contributed by atoms with Crippen LogP contribution in [0.2, 0.25) is 0 Å². The highest BCUT2D eigenvalue weighted by Crippen LogP contribution is 2.20. The van der Waals surface area contributed by atoms with Crippen LogP contribution < -0.4 is 4.80 Å². The first-order valence-electron chi connectivity index (χ1n) is 8.66. The van der Waals surface area contributed by atoms with Gasteiger partial charge in [0.2, 0.25) is 4.80 Å². The highest BCUT2D eigenvalue weighted by Gasteiger charge is 2.12. The molecule has 0 bridgehead atoms. The van der Waals surface area contributed by atoms with Gasteiger partial charge in [0.05, 0.1) is 35.0 Å². The first-order valence-corrected chi connectivity index (χ1v) is 9.54. The normalized spacial score (nSPS) is 13.1. The largest absolute Gasteiger partial charge is 0.382 e. The van der Waals surface area contributed by atoms with Crippen LogP contribution in [0.15, 0.2) is 70.1 Å². The summed E-state index contributed by atoms with van der Waals surface area (Å²) in [6.07, 6.45) is 1.50. The van der Waals surface area contributed by atoms with Crippen molar-refractivity contribution in [1.29, 1.82) is 0 Å². The van der Waals surface area contributed by atoms with E-state index >= 15 is 0 Å². The third-order valence-corrected chi connectivity index (χ3v) is 4.77. The minimum absolute atomic E-state index is 0.00887. The number of nitrogens with zero attached hydrogens (tertiary/aromatic N) is 4. The number of nitro benzene ring substituents is 1. The lowest BCUT2D eigenvalue weighted by molar-refractivity contribution is -0.385. The van der Waals surface area contributed by atoms with Gasteiger partial charge in [-0.3, -0.25) is 15.1 Å². The summed E-state index contributed by atoms with van der Waals surface area (Å²) in [7, 11) is 1.64. The lowest BCUT2D eigenvalue weighted by atomic mass is 10.2. The maximum atomic E-state index is 11.3. The van der Waals surface area contributed by atoms with Crippen LogP contribution in [0.4, 0.5) is 5.69 Å². The Morgan fingerprint density at radius 1 is 1.21 bits per heavy atom. The summed E-state index contributed by atoms with van der Waals surface area (Å²) in [5, 5.41) is 17.8. The van der Waals surface area contributed by atoms with Gasteiger partial charge in [0.15, 0.2) is 0 Å². The minimum atomic E-state index is -0.413. The topological polar surface area (TPSA) is 82.0 Å². The molecule has 0 aliphatic rings. The number of para-hydroxylation sites is 1. The zero-order chi connectivity index (χ0) is 19.9. The zero-order valence-corrected chi connectivity index (χ0v) is 16.4. The lowest BCUT2D eigenvalue weighted by Crippen LogP contribution is -2.18. The van der Waals surface area contributed by atoms with E-state index in [0.29, 0.717) is 17.0 Å². The average molecular weight is 396 g/mol. The second-order valence-corrected chi connectivity index (χ2v) is 6.91. The van der Waals surface area contributed by atoms with Crippen LogP contribution in [-0.2, 0) is 4.74 Å². The maximum absolute atomic E-state index is 11.3. The number of methoxy groups -OCH3 is 1. The van der Waals surface area contributed by atoms with Crippen LogP contribution in [0, 0.1) is 10.1 Å². The fraction of sp³-hybridized carbons (Fsp3) is 0.200. The van der Waals surface area contributed by atoms with Gasteiger partial charge in [-0.1, -0.05) is 42.5 Å². The molecule has 2 aromatic carbocycles.